The van der Waals surface area contributed by atoms with E-state index in [9.17, 15) is 9.18 Å². The number of halogens is 2. The van der Waals surface area contributed by atoms with Gasteiger partial charge < -0.3 is 10.8 Å². The van der Waals surface area contributed by atoms with E-state index in [1.54, 1.807) is 0 Å². The summed E-state index contributed by atoms with van der Waals surface area (Å²) in [4.78, 5) is 14.9. The number of nitrogen functional groups attached to an aromatic ring is 1. The molecule has 0 amide bonds. The third-order valence-corrected chi connectivity index (χ3v) is 2.55. The zero-order valence-corrected chi connectivity index (χ0v) is 9.78. The molecule has 0 radical (unpaired) electrons. The minimum absolute atomic E-state index is 0.0517. The van der Waals surface area contributed by atoms with Gasteiger partial charge in [0.15, 0.2) is 0 Å². The van der Waals surface area contributed by atoms with E-state index in [1.165, 1.54) is 24.4 Å². The van der Waals surface area contributed by atoms with Crippen LogP contribution >= 0.6 is 11.6 Å². The minimum Gasteiger partial charge on any atom is -0.478 e. The van der Waals surface area contributed by atoms with Gasteiger partial charge in [0.1, 0.15) is 11.6 Å². The highest BCUT2D eigenvalue weighted by Crippen LogP contribution is 2.27. The van der Waals surface area contributed by atoms with Crippen LogP contribution in [-0.4, -0.2) is 16.1 Å². The van der Waals surface area contributed by atoms with Crippen LogP contribution in [0.25, 0.3) is 11.1 Å². The lowest BCUT2D eigenvalue weighted by Gasteiger charge is -2.07. The van der Waals surface area contributed by atoms with Crippen molar-refractivity contribution in [3.63, 3.8) is 0 Å². The summed E-state index contributed by atoms with van der Waals surface area (Å²) in [7, 11) is 0. The Morgan fingerprint density at radius 2 is 2.06 bits per heavy atom. The van der Waals surface area contributed by atoms with Crippen molar-refractivity contribution in [3.8, 4) is 11.1 Å². The van der Waals surface area contributed by atoms with Crippen LogP contribution in [0, 0.1) is 5.82 Å². The average Bonchev–Trinajstić information content (AvgIpc) is 2.27. The van der Waals surface area contributed by atoms with Gasteiger partial charge in [0.2, 0.25) is 0 Å². The summed E-state index contributed by atoms with van der Waals surface area (Å²) in [5.41, 5.74) is 5.98. The van der Waals surface area contributed by atoms with Crippen LogP contribution in [0.1, 0.15) is 10.4 Å². The number of nitrogens with two attached hydrogens (primary N) is 1. The molecule has 6 heteroatoms. The van der Waals surface area contributed by atoms with E-state index in [1.807, 2.05) is 0 Å². The Bertz CT molecular complexity index is 611. The van der Waals surface area contributed by atoms with Gasteiger partial charge in [-0.2, -0.15) is 0 Å². The van der Waals surface area contributed by atoms with Crippen molar-refractivity contribution in [2.75, 3.05) is 5.73 Å². The lowest BCUT2D eigenvalue weighted by molar-refractivity contribution is 0.0697. The predicted molar refractivity (Wildman–Crippen MR) is 66.0 cm³/mol. The summed E-state index contributed by atoms with van der Waals surface area (Å²) in [6.45, 7) is 0. The molecule has 1 aromatic carbocycles. The number of anilines is 1. The first kappa shape index (κ1) is 12.3. The quantitative estimate of drug-likeness (QED) is 0.876. The van der Waals surface area contributed by atoms with E-state index in [0.717, 1.165) is 6.07 Å². The highest BCUT2D eigenvalue weighted by atomic mass is 35.5. The van der Waals surface area contributed by atoms with Gasteiger partial charge in [0.25, 0.3) is 0 Å². The molecule has 0 saturated heterocycles. The van der Waals surface area contributed by atoms with Gasteiger partial charge in [-0.1, -0.05) is 11.6 Å². The lowest BCUT2D eigenvalue weighted by atomic mass is 10.0. The summed E-state index contributed by atoms with van der Waals surface area (Å²) in [5.74, 6) is -1.64. The van der Waals surface area contributed by atoms with E-state index in [-0.39, 0.29) is 22.0 Å². The Morgan fingerprint density at radius 3 is 2.67 bits per heavy atom. The van der Waals surface area contributed by atoms with Gasteiger partial charge >= 0.3 is 5.97 Å². The van der Waals surface area contributed by atoms with E-state index in [4.69, 9.17) is 22.4 Å². The van der Waals surface area contributed by atoms with E-state index < -0.39 is 11.8 Å². The van der Waals surface area contributed by atoms with E-state index >= 15 is 0 Å². The van der Waals surface area contributed by atoms with Crippen molar-refractivity contribution in [1.29, 1.82) is 0 Å². The van der Waals surface area contributed by atoms with Crippen molar-refractivity contribution < 1.29 is 14.3 Å². The van der Waals surface area contributed by atoms with Gasteiger partial charge in [-0.25, -0.2) is 14.2 Å². The molecule has 0 aliphatic rings. The van der Waals surface area contributed by atoms with Crippen LogP contribution in [0.4, 0.5) is 10.2 Å². The van der Waals surface area contributed by atoms with Crippen LogP contribution in [0.5, 0.6) is 0 Å². The second kappa shape index (κ2) is 4.62. The Kier molecular flexibility index (Phi) is 3.16. The molecule has 92 valence electrons. The van der Waals surface area contributed by atoms with Crippen LogP contribution in [0.15, 0.2) is 30.5 Å². The van der Waals surface area contributed by atoms with Crippen molar-refractivity contribution >= 4 is 23.4 Å². The summed E-state index contributed by atoms with van der Waals surface area (Å²) < 4.78 is 13.2. The number of carboxylic acid groups (broad SMARTS) is 1. The molecule has 0 bridgehead atoms. The standard InChI is InChI=1S/C12H8ClFN2O2/c13-7-1-6(2-8(14)3-7)10-5-16-11(15)4-9(10)12(17)18/h1-5H,(H2,15,16)(H,17,18). The van der Waals surface area contributed by atoms with Gasteiger partial charge in [-0.05, 0) is 29.8 Å². The number of hydrogen-bond acceptors (Lipinski definition) is 3. The SMILES string of the molecule is Nc1cc(C(=O)O)c(-c2cc(F)cc(Cl)c2)cn1. The molecule has 3 N–H and O–H groups in total. The van der Waals surface area contributed by atoms with Crippen molar-refractivity contribution in [2.45, 2.75) is 0 Å². The fourth-order valence-electron chi connectivity index (χ4n) is 1.59. The van der Waals surface area contributed by atoms with Gasteiger partial charge in [0.05, 0.1) is 5.56 Å². The van der Waals surface area contributed by atoms with Gasteiger partial charge in [-0.3, -0.25) is 0 Å². The monoisotopic (exact) mass is 266 g/mol. The molecule has 0 atom stereocenters. The Hall–Kier alpha value is -2.14. The van der Waals surface area contributed by atoms with Gasteiger partial charge in [0, 0.05) is 16.8 Å². The maximum absolute atomic E-state index is 13.2. The summed E-state index contributed by atoms with van der Waals surface area (Å²) in [6.07, 6.45) is 1.28. The molecule has 0 saturated carbocycles. The van der Waals surface area contributed by atoms with Crippen molar-refractivity contribution in [1.82, 2.24) is 4.98 Å². The average molecular weight is 267 g/mol. The first-order valence-corrected chi connectivity index (χ1v) is 5.30. The predicted octanol–water partition coefficient (Wildman–Crippen LogP) is 2.82. The molecule has 0 spiro atoms. The molecule has 4 nitrogen and oxygen atoms in total. The maximum atomic E-state index is 13.2. The number of rotatable bonds is 2. The highest BCUT2D eigenvalue weighted by molar-refractivity contribution is 6.30. The topological polar surface area (TPSA) is 76.2 Å². The molecule has 1 heterocycles. The highest BCUT2D eigenvalue weighted by Gasteiger charge is 2.14. The first-order valence-electron chi connectivity index (χ1n) is 4.92. The number of nitrogens with zero attached hydrogens (tertiary/aromatic N) is 1. The fraction of sp³-hybridized carbons (Fsp3) is 0. The molecular formula is C12H8ClFN2O2. The number of aromatic carboxylic acids is 1. The van der Waals surface area contributed by atoms with E-state index in [2.05, 4.69) is 4.98 Å². The van der Waals surface area contributed by atoms with E-state index in [0.29, 0.717) is 5.56 Å². The third kappa shape index (κ3) is 2.41. The number of aromatic nitrogens is 1. The molecule has 0 aliphatic heterocycles. The van der Waals surface area contributed by atoms with Crippen LogP contribution < -0.4 is 5.73 Å². The minimum atomic E-state index is -1.17. The molecule has 1 aromatic heterocycles. The molecule has 2 aromatic rings. The summed E-state index contributed by atoms with van der Waals surface area (Å²) >= 11 is 5.73. The second-order valence-corrected chi connectivity index (χ2v) is 4.05. The lowest BCUT2D eigenvalue weighted by Crippen LogP contribution is -2.03. The first-order chi connectivity index (χ1) is 8.47. The van der Waals surface area contributed by atoms with Crippen LogP contribution in [-0.2, 0) is 0 Å². The molecule has 0 unspecified atom stereocenters. The van der Waals surface area contributed by atoms with Gasteiger partial charge in [-0.15, -0.1) is 0 Å². The fourth-order valence-corrected chi connectivity index (χ4v) is 1.81. The van der Waals surface area contributed by atoms with Crippen molar-refractivity contribution in [3.05, 3.63) is 46.9 Å². The third-order valence-electron chi connectivity index (χ3n) is 2.33. The molecule has 18 heavy (non-hydrogen) atoms. The Morgan fingerprint density at radius 1 is 1.33 bits per heavy atom. The zero-order valence-electron chi connectivity index (χ0n) is 9.02. The van der Waals surface area contributed by atoms with Crippen LogP contribution in [0.3, 0.4) is 0 Å². The zero-order chi connectivity index (χ0) is 13.3. The number of benzene rings is 1. The summed E-state index contributed by atoms with van der Waals surface area (Å²) in [6, 6.07) is 5.00. The second-order valence-electron chi connectivity index (χ2n) is 3.62. The number of carbonyl (C=O) groups is 1. The molecular weight excluding hydrogens is 259 g/mol. The molecule has 2 rings (SSSR count). The molecule has 0 fully saturated rings. The largest absolute Gasteiger partial charge is 0.478 e. The molecule has 0 aliphatic carbocycles. The number of pyridine rings is 1. The summed E-state index contributed by atoms with van der Waals surface area (Å²) in [5, 5.41) is 9.26. The number of carboxylic acids is 1. The Balaban J connectivity index is 2.66. The normalized spacial score (nSPS) is 10.3. The van der Waals surface area contributed by atoms with Crippen molar-refractivity contribution in [2.24, 2.45) is 0 Å². The Labute approximate surface area is 107 Å². The smallest absolute Gasteiger partial charge is 0.336 e. The number of hydrogen-bond donors (Lipinski definition) is 2. The maximum Gasteiger partial charge on any atom is 0.336 e. The van der Waals surface area contributed by atoms with Crippen LogP contribution in [0.2, 0.25) is 5.02 Å².